The van der Waals surface area contributed by atoms with Gasteiger partial charge in [-0.2, -0.15) is 0 Å². The number of aromatic hydroxyl groups is 1. The van der Waals surface area contributed by atoms with Crippen LogP contribution in [-0.4, -0.2) is 15.1 Å². The third kappa shape index (κ3) is 2.10. The van der Waals surface area contributed by atoms with Crippen LogP contribution in [0.25, 0.3) is 21.3 Å². The molecule has 0 aliphatic carbocycles. The molecule has 20 heavy (non-hydrogen) atoms. The molecule has 0 atom stereocenters. The molecule has 6 heteroatoms. The summed E-state index contributed by atoms with van der Waals surface area (Å²) in [5.74, 6) is 0.266. The highest BCUT2D eigenvalue weighted by Gasteiger charge is 2.20. The summed E-state index contributed by atoms with van der Waals surface area (Å²) in [6, 6.07) is 3.49. The maximum atomic E-state index is 9.69. The standard InChI is InChI=1S/C14H10BrClN2OS/c1-6-3-8(19)4-7(2)9(6)10-11-13(16)17-5-18-14(11)20-12(10)15/h3-5,19H,1-2H3. The van der Waals surface area contributed by atoms with E-state index >= 15 is 0 Å². The van der Waals surface area contributed by atoms with Crippen LogP contribution in [0.3, 0.4) is 0 Å². The number of hydrogen-bond donors (Lipinski definition) is 1. The molecule has 0 aliphatic heterocycles. The first-order chi connectivity index (χ1) is 9.49. The summed E-state index contributed by atoms with van der Waals surface area (Å²) in [5.41, 5.74) is 4.02. The molecule has 0 aliphatic rings. The number of nitrogens with zero attached hydrogens (tertiary/aromatic N) is 2. The van der Waals surface area contributed by atoms with Gasteiger partial charge < -0.3 is 5.11 Å². The normalized spacial score (nSPS) is 11.2. The van der Waals surface area contributed by atoms with Crippen LogP contribution in [-0.2, 0) is 0 Å². The number of benzene rings is 1. The molecule has 2 heterocycles. The van der Waals surface area contributed by atoms with Gasteiger partial charge in [0.25, 0.3) is 0 Å². The van der Waals surface area contributed by atoms with Gasteiger partial charge in [-0.05, 0) is 58.6 Å². The first-order valence-electron chi connectivity index (χ1n) is 5.88. The SMILES string of the molecule is Cc1cc(O)cc(C)c1-c1c(Br)sc2ncnc(Cl)c12. The molecule has 2 aromatic heterocycles. The largest absolute Gasteiger partial charge is 0.508 e. The number of halogens is 2. The van der Waals surface area contributed by atoms with Gasteiger partial charge in [-0.1, -0.05) is 11.6 Å². The highest BCUT2D eigenvalue weighted by molar-refractivity contribution is 9.11. The zero-order valence-corrected chi connectivity index (χ0v) is 13.9. The van der Waals surface area contributed by atoms with Crippen molar-refractivity contribution in [3.8, 4) is 16.9 Å². The molecule has 3 rings (SSSR count). The maximum absolute atomic E-state index is 9.69. The summed E-state index contributed by atoms with van der Waals surface area (Å²) < 4.78 is 0.965. The van der Waals surface area contributed by atoms with E-state index in [-0.39, 0.29) is 5.75 Å². The van der Waals surface area contributed by atoms with Crippen molar-refractivity contribution in [1.82, 2.24) is 9.97 Å². The molecule has 102 valence electrons. The number of phenolic OH excluding ortho intramolecular Hbond substituents is 1. The fraction of sp³-hybridized carbons (Fsp3) is 0.143. The second-order valence-electron chi connectivity index (χ2n) is 4.55. The zero-order valence-electron chi connectivity index (χ0n) is 10.7. The Labute approximate surface area is 133 Å². The number of phenols is 1. The predicted octanol–water partition coefficient (Wildman–Crippen LogP) is 5.10. The van der Waals surface area contributed by atoms with Crippen molar-refractivity contribution in [2.45, 2.75) is 13.8 Å². The average Bonchev–Trinajstić information content (AvgIpc) is 2.66. The number of fused-ring (bicyclic) bond motifs is 1. The lowest BCUT2D eigenvalue weighted by Crippen LogP contribution is -1.89. The van der Waals surface area contributed by atoms with Gasteiger partial charge in [0.1, 0.15) is 22.1 Å². The molecule has 0 saturated heterocycles. The molecule has 0 bridgehead atoms. The topological polar surface area (TPSA) is 46.0 Å². The van der Waals surface area contributed by atoms with Crippen molar-refractivity contribution in [3.63, 3.8) is 0 Å². The predicted molar refractivity (Wildman–Crippen MR) is 86.7 cm³/mol. The van der Waals surface area contributed by atoms with Crippen molar-refractivity contribution in [1.29, 1.82) is 0 Å². The van der Waals surface area contributed by atoms with Gasteiger partial charge in [0.2, 0.25) is 0 Å². The van der Waals surface area contributed by atoms with E-state index in [1.807, 2.05) is 13.8 Å². The summed E-state index contributed by atoms with van der Waals surface area (Å²) in [6.07, 6.45) is 1.47. The van der Waals surface area contributed by atoms with E-state index in [9.17, 15) is 5.11 Å². The minimum Gasteiger partial charge on any atom is -0.508 e. The van der Waals surface area contributed by atoms with Gasteiger partial charge in [0, 0.05) is 5.56 Å². The Hall–Kier alpha value is -1.17. The Bertz CT molecular complexity index is 808. The van der Waals surface area contributed by atoms with Gasteiger partial charge in [-0.25, -0.2) is 9.97 Å². The highest BCUT2D eigenvalue weighted by atomic mass is 79.9. The highest BCUT2D eigenvalue weighted by Crippen LogP contribution is 2.46. The maximum Gasteiger partial charge on any atom is 0.141 e. The van der Waals surface area contributed by atoms with Crippen molar-refractivity contribution < 1.29 is 5.11 Å². The molecular weight excluding hydrogens is 360 g/mol. The van der Waals surface area contributed by atoms with E-state index in [1.54, 1.807) is 12.1 Å². The van der Waals surface area contributed by atoms with E-state index in [2.05, 4.69) is 25.9 Å². The summed E-state index contributed by atoms with van der Waals surface area (Å²) in [6.45, 7) is 3.94. The van der Waals surface area contributed by atoms with Crippen LogP contribution in [0.2, 0.25) is 5.15 Å². The number of rotatable bonds is 1. The Morgan fingerprint density at radius 1 is 1.15 bits per heavy atom. The minimum atomic E-state index is 0.266. The van der Waals surface area contributed by atoms with Crippen molar-refractivity contribution in [3.05, 3.63) is 38.5 Å². The molecule has 0 fully saturated rings. The third-order valence-electron chi connectivity index (χ3n) is 3.17. The average molecular weight is 370 g/mol. The number of aromatic nitrogens is 2. The molecule has 1 N–H and O–H groups in total. The minimum absolute atomic E-state index is 0.266. The molecule has 0 radical (unpaired) electrons. The van der Waals surface area contributed by atoms with Crippen LogP contribution in [0.15, 0.2) is 22.2 Å². The van der Waals surface area contributed by atoms with Gasteiger partial charge in [0.05, 0.1) is 9.17 Å². The van der Waals surface area contributed by atoms with Gasteiger partial charge in [0.15, 0.2) is 0 Å². The Kier molecular flexibility index (Phi) is 3.44. The summed E-state index contributed by atoms with van der Waals surface area (Å²) in [4.78, 5) is 9.19. The summed E-state index contributed by atoms with van der Waals surface area (Å²) >= 11 is 11.4. The van der Waals surface area contributed by atoms with Crippen LogP contribution in [0.5, 0.6) is 5.75 Å². The first kappa shape index (κ1) is 13.8. The van der Waals surface area contributed by atoms with E-state index in [4.69, 9.17) is 11.6 Å². The molecule has 0 amide bonds. The molecule has 0 unspecified atom stereocenters. The third-order valence-corrected chi connectivity index (χ3v) is 5.22. The molecule has 3 nitrogen and oxygen atoms in total. The Morgan fingerprint density at radius 2 is 1.80 bits per heavy atom. The number of thiophene rings is 1. The van der Waals surface area contributed by atoms with Crippen LogP contribution >= 0.6 is 38.9 Å². The molecule has 0 spiro atoms. The van der Waals surface area contributed by atoms with Crippen molar-refractivity contribution in [2.75, 3.05) is 0 Å². The smallest absolute Gasteiger partial charge is 0.141 e. The van der Waals surface area contributed by atoms with Crippen LogP contribution in [0, 0.1) is 13.8 Å². The second kappa shape index (κ2) is 4.98. The zero-order chi connectivity index (χ0) is 14.4. The van der Waals surface area contributed by atoms with E-state index < -0.39 is 0 Å². The quantitative estimate of drug-likeness (QED) is 0.607. The van der Waals surface area contributed by atoms with Gasteiger partial charge in [-0.15, -0.1) is 11.3 Å². The van der Waals surface area contributed by atoms with Crippen LogP contribution < -0.4 is 0 Å². The van der Waals surface area contributed by atoms with Crippen molar-refractivity contribution >= 4 is 49.1 Å². The lowest BCUT2D eigenvalue weighted by Gasteiger charge is -2.11. The van der Waals surface area contributed by atoms with Gasteiger partial charge >= 0.3 is 0 Å². The van der Waals surface area contributed by atoms with Crippen LogP contribution in [0.4, 0.5) is 0 Å². The Morgan fingerprint density at radius 3 is 2.45 bits per heavy atom. The fourth-order valence-electron chi connectivity index (χ4n) is 2.43. The summed E-state index contributed by atoms with van der Waals surface area (Å²) in [7, 11) is 0. The lowest BCUT2D eigenvalue weighted by atomic mass is 9.96. The molecule has 3 aromatic rings. The molecule has 1 aromatic carbocycles. The Balaban J connectivity index is 2.44. The second-order valence-corrected chi connectivity index (χ2v) is 7.22. The van der Waals surface area contributed by atoms with E-state index in [1.165, 1.54) is 17.7 Å². The molecular formula is C14H10BrClN2OS. The number of aryl methyl sites for hydroxylation is 2. The van der Waals surface area contributed by atoms with Gasteiger partial charge in [-0.3, -0.25) is 0 Å². The fourth-order valence-corrected chi connectivity index (χ4v) is 4.45. The monoisotopic (exact) mass is 368 g/mol. The van der Waals surface area contributed by atoms with E-state index in [0.717, 1.165) is 36.3 Å². The summed E-state index contributed by atoms with van der Waals surface area (Å²) in [5, 5.41) is 11.0. The first-order valence-corrected chi connectivity index (χ1v) is 7.87. The lowest BCUT2D eigenvalue weighted by molar-refractivity contribution is 0.474. The van der Waals surface area contributed by atoms with Crippen LogP contribution in [0.1, 0.15) is 11.1 Å². The molecule has 0 saturated carbocycles. The number of hydrogen-bond acceptors (Lipinski definition) is 4. The van der Waals surface area contributed by atoms with E-state index in [0.29, 0.717) is 5.15 Å². The van der Waals surface area contributed by atoms with Crippen molar-refractivity contribution in [2.24, 2.45) is 0 Å².